The maximum Gasteiger partial charge on any atom is 0.188 e. The van der Waals surface area contributed by atoms with Gasteiger partial charge in [-0.2, -0.15) is 5.10 Å². The van der Waals surface area contributed by atoms with Crippen LogP contribution in [0.4, 0.5) is 0 Å². The number of rotatable bonds is 0. The zero-order chi connectivity index (χ0) is 13.0. The van der Waals surface area contributed by atoms with Gasteiger partial charge in [-0.05, 0) is 19.8 Å². The van der Waals surface area contributed by atoms with Crippen molar-refractivity contribution in [3.05, 3.63) is 23.0 Å². The van der Waals surface area contributed by atoms with Crippen LogP contribution in [0.15, 0.2) is 15.7 Å². The third-order valence-corrected chi connectivity index (χ3v) is 3.62. The molecule has 0 fully saturated rings. The van der Waals surface area contributed by atoms with E-state index in [2.05, 4.69) is 22.2 Å². The quantitative estimate of drug-likeness (QED) is 0.709. The number of aryl methyl sites for hydroxylation is 1. The van der Waals surface area contributed by atoms with E-state index in [-0.39, 0.29) is 12.2 Å². The predicted octanol–water partition coefficient (Wildman–Crippen LogP) is 1.85. The minimum atomic E-state index is 0.250. The van der Waals surface area contributed by atoms with Crippen molar-refractivity contribution in [3.63, 3.8) is 0 Å². The van der Waals surface area contributed by atoms with Crippen LogP contribution in [0.25, 0.3) is 11.5 Å². The molecule has 0 aromatic carbocycles. The van der Waals surface area contributed by atoms with Gasteiger partial charge in [0, 0.05) is 30.3 Å². The van der Waals surface area contributed by atoms with E-state index in [9.17, 15) is 0 Å². The van der Waals surface area contributed by atoms with Crippen LogP contribution in [0, 0.1) is 0 Å². The highest BCUT2D eigenvalue weighted by Gasteiger charge is 2.27. The van der Waals surface area contributed by atoms with E-state index >= 15 is 0 Å². The summed E-state index contributed by atoms with van der Waals surface area (Å²) in [5, 5.41) is 8.47. The SMILES string of the molecule is [2H]c1noc2c1CCCn1nc3c(c1-2)C=NC(C)C3. The van der Waals surface area contributed by atoms with Crippen molar-refractivity contribution in [2.24, 2.45) is 4.99 Å². The average Bonchev–Trinajstić information content (AvgIpc) is 2.85. The molecule has 18 heavy (non-hydrogen) atoms. The zero-order valence-corrected chi connectivity index (χ0v) is 10.2. The van der Waals surface area contributed by atoms with Crippen molar-refractivity contribution in [2.75, 3.05) is 0 Å². The lowest BCUT2D eigenvalue weighted by molar-refractivity contribution is 0.427. The normalized spacial score (nSPS) is 21.8. The maximum absolute atomic E-state index is 7.82. The molecule has 0 N–H and O–H groups in total. The highest BCUT2D eigenvalue weighted by molar-refractivity contribution is 5.91. The van der Waals surface area contributed by atoms with Gasteiger partial charge < -0.3 is 4.52 Å². The molecular weight excluding hydrogens is 228 g/mol. The van der Waals surface area contributed by atoms with Crippen LogP contribution in [0.5, 0.6) is 0 Å². The first-order valence-corrected chi connectivity index (χ1v) is 6.32. The Morgan fingerprint density at radius 1 is 1.56 bits per heavy atom. The standard InChI is InChI=1S/C13H14N4O/c1-8-5-11-10(7-14-8)12-13-9(6-15-18-13)3-2-4-17(12)16-11/h6-8H,2-5H2,1H3/i6D. The maximum atomic E-state index is 7.82. The smallest absolute Gasteiger partial charge is 0.188 e. The number of hydrogen-bond acceptors (Lipinski definition) is 4. The molecule has 5 nitrogen and oxygen atoms in total. The molecule has 92 valence electrons. The molecule has 0 saturated carbocycles. The Balaban J connectivity index is 1.98. The van der Waals surface area contributed by atoms with Crippen LogP contribution in [0.3, 0.4) is 0 Å². The number of nitrogens with zero attached hydrogens (tertiary/aromatic N) is 4. The second-order valence-electron chi connectivity index (χ2n) is 4.97. The van der Waals surface area contributed by atoms with E-state index < -0.39 is 0 Å². The number of hydrogen-bond donors (Lipinski definition) is 0. The minimum Gasteiger partial charge on any atom is -0.354 e. The Morgan fingerprint density at radius 2 is 2.50 bits per heavy atom. The van der Waals surface area contributed by atoms with Crippen LogP contribution in [-0.2, 0) is 19.4 Å². The lowest BCUT2D eigenvalue weighted by atomic mass is 10.0. The number of aromatic nitrogens is 3. The molecule has 1 atom stereocenters. The highest BCUT2D eigenvalue weighted by Crippen LogP contribution is 2.33. The fourth-order valence-corrected chi connectivity index (χ4v) is 2.74. The van der Waals surface area contributed by atoms with Crippen molar-refractivity contribution < 1.29 is 5.89 Å². The molecule has 4 rings (SSSR count). The van der Waals surface area contributed by atoms with Gasteiger partial charge in [0.25, 0.3) is 0 Å². The monoisotopic (exact) mass is 243 g/mol. The first-order valence-electron chi connectivity index (χ1n) is 6.82. The summed E-state index contributed by atoms with van der Waals surface area (Å²) in [5.74, 6) is 0.706. The van der Waals surface area contributed by atoms with Crippen molar-refractivity contribution in [2.45, 2.75) is 38.8 Å². The molecule has 5 heteroatoms. The van der Waals surface area contributed by atoms with Gasteiger partial charge in [0.15, 0.2) is 5.76 Å². The molecule has 0 bridgehead atoms. The van der Waals surface area contributed by atoms with Crippen LogP contribution in [0.2, 0.25) is 0 Å². The second kappa shape index (κ2) is 3.54. The summed E-state index contributed by atoms with van der Waals surface area (Å²) in [6, 6.07) is 0.285. The van der Waals surface area contributed by atoms with Crippen molar-refractivity contribution in [1.29, 1.82) is 0 Å². The van der Waals surface area contributed by atoms with Crippen LogP contribution >= 0.6 is 0 Å². The first-order chi connectivity index (χ1) is 9.24. The number of aliphatic imine (C=N–C) groups is 1. The van der Waals surface area contributed by atoms with E-state index in [0.29, 0.717) is 5.76 Å². The molecule has 2 aliphatic rings. The van der Waals surface area contributed by atoms with Gasteiger partial charge >= 0.3 is 0 Å². The minimum absolute atomic E-state index is 0.250. The lowest BCUT2D eigenvalue weighted by Crippen LogP contribution is -2.11. The zero-order valence-electron chi connectivity index (χ0n) is 11.2. The summed E-state index contributed by atoms with van der Waals surface area (Å²) in [5.41, 5.74) is 3.96. The second-order valence-corrected chi connectivity index (χ2v) is 4.97. The van der Waals surface area contributed by atoms with Crippen molar-refractivity contribution >= 4 is 6.21 Å². The lowest BCUT2D eigenvalue weighted by Gasteiger charge is -2.10. The summed E-state index contributed by atoms with van der Waals surface area (Å²) in [6.45, 7) is 2.94. The van der Waals surface area contributed by atoms with E-state index in [1.54, 1.807) is 0 Å². The molecule has 0 spiro atoms. The Hall–Kier alpha value is -1.91. The summed E-state index contributed by atoms with van der Waals surface area (Å²) in [6.07, 6.45) is 4.79. The molecular formula is C13H14N4O. The molecule has 0 radical (unpaired) electrons. The molecule has 2 aromatic rings. The highest BCUT2D eigenvalue weighted by atomic mass is 16.5. The van der Waals surface area contributed by atoms with E-state index in [4.69, 9.17) is 5.89 Å². The third-order valence-electron chi connectivity index (χ3n) is 3.62. The van der Waals surface area contributed by atoms with Gasteiger partial charge in [0.2, 0.25) is 0 Å². The Morgan fingerprint density at radius 3 is 3.44 bits per heavy atom. The Labute approximate surface area is 106 Å². The number of fused-ring (bicyclic) bond motifs is 5. The molecule has 0 saturated heterocycles. The Bertz CT molecular complexity index is 685. The topological polar surface area (TPSA) is 56.2 Å². The first kappa shape index (κ1) is 9.08. The summed E-state index contributed by atoms with van der Waals surface area (Å²) < 4.78 is 15.2. The average molecular weight is 243 g/mol. The van der Waals surface area contributed by atoms with Gasteiger partial charge in [-0.1, -0.05) is 5.16 Å². The van der Waals surface area contributed by atoms with Gasteiger partial charge in [-0.25, -0.2) is 0 Å². The molecule has 2 aromatic heterocycles. The molecule has 0 amide bonds. The molecule has 0 aliphatic carbocycles. The summed E-state index contributed by atoms with van der Waals surface area (Å²) >= 11 is 0. The van der Waals surface area contributed by atoms with E-state index in [1.807, 2.05) is 10.9 Å². The predicted molar refractivity (Wildman–Crippen MR) is 66.8 cm³/mol. The van der Waals surface area contributed by atoms with Crippen molar-refractivity contribution in [3.8, 4) is 11.5 Å². The van der Waals surface area contributed by atoms with Crippen LogP contribution in [-0.4, -0.2) is 27.2 Å². The van der Waals surface area contributed by atoms with Gasteiger partial charge in [0.1, 0.15) is 5.69 Å². The van der Waals surface area contributed by atoms with Gasteiger partial charge in [0.05, 0.1) is 19.3 Å². The Kier molecular flexibility index (Phi) is 1.79. The molecule has 4 heterocycles. The van der Waals surface area contributed by atoms with Gasteiger partial charge in [-0.15, -0.1) is 0 Å². The molecule has 1 unspecified atom stereocenters. The third kappa shape index (κ3) is 1.30. The summed E-state index contributed by atoms with van der Waals surface area (Å²) in [7, 11) is 0. The largest absolute Gasteiger partial charge is 0.354 e. The fraction of sp³-hybridized carbons (Fsp3) is 0.462. The van der Waals surface area contributed by atoms with Crippen molar-refractivity contribution in [1.82, 2.24) is 14.9 Å². The van der Waals surface area contributed by atoms with Crippen LogP contribution in [0.1, 0.15) is 31.5 Å². The summed E-state index contributed by atoms with van der Waals surface area (Å²) in [4.78, 5) is 4.47. The van der Waals surface area contributed by atoms with Gasteiger partial charge in [-0.3, -0.25) is 9.67 Å². The van der Waals surface area contributed by atoms with E-state index in [1.165, 1.54) is 0 Å². The van der Waals surface area contributed by atoms with E-state index in [0.717, 1.165) is 48.3 Å². The van der Waals surface area contributed by atoms with Crippen LogP contribution < -0.4 is 0 Å². The molecule has 2 aliphatic heterocycles. The fourth-order valence-electron chi connectivity index (χ4n) is 2.74.